The van der Waals surface area contributed by atoms with E-state index in [0.29, 0.717) is 0 Å². The van der Waals surface area contributed by atoms with Gasteiger partial charge in [0.05, 0.1) is 25.0 Å². The van der Waals surface area contributed by atoms with Crippen LogP contribution in [0.15, 0.2) is 58.1 Å². The maximum atomic E-state index is 13.9. The van der Waals surface area contributed by atoms with Gasteiger partial charge >= 0.3 is 11.2 Å². The summed E-state index contributed by atoms with van der Waals surface area (Å²) >= 11 is 0. The molecule has 28 heavy (non-hydrogen) atoms. The zero-order chi connectivity index (χ0) is 20.3. The second-order valence-electron chi connectivity index (χ2n) is 5.93. The Kier molecular flexibility index (Phi) is 5.35. The van der Waals surface area contributed by atoms with Gasteiger partial charge in [0.25, 0.3) is 5.88 Å². The molecular formula is C19H17FN4O4. The maximum Gasteiger partial charge on any atom is 0.352 e. The number of aromatic nitrogens is 3. The quantitative estimate of drug-likeness (QED) is 0.720. The van der Waals surface area contributed by atoms with Crippen LogP contribution in [0.5, 0.6) is 5.88 Å². The minimum atomic E-state index is -0.727. The largest absolute Gasteiger partial charge is 0.476 e. The van der Waals surface area contributed by atoms with Gasteiger partial charge in [-0.3, -0.25) is 9.59 Å². The Morgan fingerprint density at radius 1 is 1.18 bits per heavy atom. The smallest absolute Gasteiger partial charge is 0.352 e. The van der Waals surface area contributed by atoms with Crippen LogP contribution in [0, 0.1) is 5.82 Å². The number of methoxy groups -OCH3 is 1. The number of carbonyl (C=O) groups excluding carboxylic acids is 1. The summed E-state index contributed by atoms with van der Waals surface area (Å²) in [4.78, 5) is 36.7. The molecule has 3 aromatic rings. The van der Waals surface area contributed by atoms with Crippen LogP contribution in [0.3, 0.4) is 0 Å². The van der Waals surface area contributed by atoms with E-state index in [1.807, 2.05) is 6.07 Å². The fourth-order valence-corrected chi connectivity index (χ4v) is 2.63. The fraction of sp³-hybridized carbons (Fsp3) is 0.158. The third kappa shape index (κ3) is 3.83. The number of nitrogens with zero attached hydrogens (tertiary/aromatic N) is 3. The van der Waals surface area contributed by atoms with Gasteiger partial charge < -0.3 is 10.1 Å². The van der Waals surface area contributed by atoms with E-state index in [1.165, 1.54) is 26.2 Å². The number of anilines is 1. The van der Waals surface area contributed by atoms with Gasteiger partial charge in [-0.15, -0.1) is 5.10 Å². The lowest BCUT2D eigenvalue weighted by Gasteiger charge is -2.12. The number of ether oxygens (including phenoxy) is 1. The molecule has 0 radical (unpaired) electrons. The molecule has 1 aromatic heterocycles. The van der Waals surface area contributed by atoms with Crippen LogP contribution in [-0.2, 0) is 11.3 Å². The van der Waals surface area contributed by atoms with Gasteiger partial charge in [0.15, 0.2) is 0 Å². The van der Waals surface area contributed by atoms with E-state index < -0.39 is 23.0 Å². The number of halogens is 1. The van der Waals surface area contributed by atoms with Gasteiger partial charge in [0.1, 0.15) is 5.82 Å². The molecule has 0 fully saturated rings. The first kappa shape index (κ1) is 19.0. The lowest BCUT2D eigenvalue weighted by atomic mass is 10.2. The van der Waals surface area contributed by atoms with E-state index in [4.69, 9.17) is 4.74 Å². The summed E-state index contributed by atoms with van der Waals surface area (Å²) in [6, 6.07) is 12.6. The molecular weight excluding hydrogens is 367 g/mol. The average molecular weight is 384 g/mol. The molecule has 0 bridgehead atoms. The zero-order valence-corrected chi connectivity index (χ0v) is 15.2. The van der Waals surface area contributed by atoms with Crippen LogP contribution >= 0.6 is 0 Å². The summed E-state index contributed by atoms with van der Waals surface area (Å²) in [5.41, 5.74) is -0.625. The summed E-state index contributed by atoms with van der Waals surface area (Å²) in [6.07, 6.45) is 0. The summed E-state index contributed by atoms with van der Waals surface area (Å²) in [5, 5.41) is 6.27. The monoisotopic (exact) mass is 384 g/mol. The Hall–Kier alpha value is -3.75. The highest BCUT2D eigenvalue weighted by molar-refractivity contribution is 5.89. The molecule has 0 unspecified atom stereocenters. The van der Waals surface area contributed by atoms with Crippen molar-refractivity contribution < 1.29 is 13.9 Å². The number of hydrogen-bond acceptors (Lipinski definition) is 5. The van der Waals surface area contributed by atoms with E-state index in [0.717, 1.165) is 20.9 Å². The molecule has 2 aromatic carbocycles. The van der Waals surface area contributed by atoms with Gasteiger partial charge in [-0.1, -0.05) is 30.3 Å². The number of hydrogen-bond donors (Lipinski definition) is 1. The maximum absolute atomic E-state index is 13.9. The van der Waals surface area contributed by atoms with Crippen molar-refractivity contribution in [3.8, 4) is 11.6 Å². The molecule has 0 saturated heterocycles. The molecule has 1 amide bonds. The van der Waals surface area contributed by atoms with Crippen molar-refractivity contribution in [1.29, 1.82) is 0 Å². The molecule has 0 aliphatic carbocycles. The Bertz CT molecular complexity index is 1140. The van der Waals surface area contributed by atoms with Gasteiger partial charge in [0, 0.05) is 6.92 Å². The average Bonchev–Trinajstić information content (AvgIpc) is 2.68. The van der Waals surface area contributed by atoms with Gasteiger partial charge in [0.2, 0.25) is 5.91 Å². The molecule has 3 rings (SSSR count). The highest BCUT2D eigenvalue weighted by Crippen LogP contribution is 2.18. The number of nitrogens with one attached hydrogen (secondary N) is 1. The zero-order valence-electron chi connectivity index (χ0n) is 15.2. The first-order chi connectivity index (χ1) is 13.4. The normalized spacial score (nSPS) is 10.5. The van der Waals surface area contributed by atoms with Crippen LogP contribution in [0.1, 0.15) is 12.5 Å². The second-order valence-corrected chi connectivity index (χ2v) is 5.93. The van der Waals surface area contributed by atoms with Crippen molar-refractivity contribution in [3.63, 3.8) is 0 Å². The molecule has 1 N–H and O–H groups in total. The molecule has 8 nitrogen and oxygen atoms in total. The highest BCUT2D eigenvalue weighted by atomic mass is 19.1. The lowest BCUT2D eigenvalue weighted by molar-refractivity contribution is -0.114. The van der Waals surface area contributed by atoms with Crippen LogP contribution in [0.25, 0.3) is 5.69 Å². The predicted molar refractivity (Wildman–Crippen MR) is 100 cm³/mol. The second kappa shape index (κ2) is 7.87. The summed E-state index contributed by atoms with van der Waals surface area (Å²) in [6.45, 7) is 1.25. The van der Waals surface area contributed by atoms with Gasteiger partial charge in [-0.2, -0.15) is 4.68 Å². The van der Waals surface area contributed by atoms with Crippen molar-refractivity contribution in [2.75, 3.05) is 12.4 Å². The number of benzene rings is 2. The van der Waals surface area contributed by atoms with Crippen molar-refractivity contribution in [2.45, 2.75) is 13.5 Å². The van der Waals surface area contributed by atoms with E-state index in [9.17, 15) is 18.8 Å². The van der Waals surface area contributed by atoms with Crippen LogP contribution < -0.4 is 21.3 Å². The number of carbonyl (C=O) groups is 1. The Labute approximate surface area is 158 Å². The highest BCUT2D eigenvalue weighted by Gasteiger charge is 2.16. The Balaban J connectivity index is 2.17. The molecule has 0 aliphatic rings. The Morgan fingerprint density at radius 3 is 2.54 bits per heavy atom. The van der Waals surface area contributed by atoms with Gasteiger partial charge in [-0.25, -0.2) is 13.8 Å². The molecule has 9 heteroatoms. The van der Waals surface area contributed by atoms with Crippen LogP contribution in [0.2, 0.25) is 0 Å². The minimum Gasteiger partial charge on any atom is -0.476 e. The van der Waals surface area contributed by atoms with Crippen LogP contribution in [-0.4, -0.2) is 27.4 Å². The molecule has 0 saturated carbocycles. The minimum absolute atomic E-state index is 0.0110. The Morgan fingerprint density at radius 2 is 1.89 bits per heavy atom. The van der Waals surface area contributed by atoms with Crippen molar-refractivity contribution in [1.82, 2.24) is 14.3 Å². The van der Waals surface area contributed by atoms with Crippen molar-refractivity contribution >= 4 is 11.6 Å². The fourth-order valence-electron chi connectivity index (χ4n) is 2.63. The third-order valence-corrected chi connectivity index (χ3v) is 3.91. The molecule has 144 valence electrons. The number of amides is 1. The standard InChI is InChI=1S/C19H17FN4O4/c1-12(25)21-16-10-14(8-9-15(16)20)24-19(27)23(18(26)17(22-24)28-2)11-13-6-4-3-5-7-13/h3-10H,11H2,1-2H3,(H,21,25). The van der Waals surface area contributed by atoms with Crippen molar-refractivity contribution in [2.24, 2.45) is 0 Å². The molecule has 0 atom stereocenters. The summed E-state index contributed by atoms with van der Waals surface area (Å²) < 4.78 is 20.8. The topological polar surface area (TPSA) is 95.2 Å². The third-order valence-electron chi connectivity index (χ3n) is 3.91. The summed E-state index contributed by atoms with van der Waals surface area (Å²) in [5.74, 6) is -1.43. The SMILES string of the molecule is COc1nn(-c2ccc(F)c(NC(C)=O)c2)c(=O)n(Cc2ccccc2)c1=O. The molecule has 0 aliphatic heterocycles. The molecule has 0 spiro atoms. The first-order valence-corrected chi connectivity index (χ1v) is 8.30. The van der Waals surface area contributed by atoms with E-state index in [1.54, 1.807) is 24.3 Å². The van der Waals surface area contributed by atoms with Crippen molar-refractivity contribution in [3.05, 3.63) is 80.7 Å². The van der Waals surface area contributed by atoms with E-state index in [-0.39, 0.29) is 23.8 Å². The van der Waals surface area contributed by atoms with E-state index >= 15 is 0 Å². The van der Waals surface area contributed by atoms with Crippen LogP contribution in [0.4, 0.5) is 10.1 Å². The summed E-state index contributed by atoms with van der Waals surface area (Å²) in [7, 11) is 1.26. The van der Waals surface area contributed by atoms with Gasteiger partial charge in [-0.05, 0) is 23.8 Å². The first-order valence-electron chi connectivity index (χ1n) is 8.30. The molecule has 1 heterocycles. The number of rotatable bonds is 5. The lowest BCUT2D eigenvalue weighted by Crippen LogP contribution is -2.41. The predicted octanol–water partition coefficient (Wildman–Crippen LogP) is 1.55. The van der Waals surface area contributed by atoms with E-state index in [2.05, 4.69) is 10.4 Å².